The molecular weight excluding hydrogens is 238 g/mol. The van der Waals surface area contributed by atoms with Crippen molar-refractivity contribution in [1.82, 2.24) is 5.32 Å². The Balaban J connectivity index is 2.63. The smallest absolute Gasteiger partial charge is 0.162 e. The Hall–Kier alpha value is -1.66. The maximum Gasteiger partial charge on any atom is 0.162 e. The second kappa shape index (κ2) is 9.29. The molecule has 1 rings (SSSR count). The van der Waals surface area contributed by atoms with Crippen molar-refractivity contribution in [3.05, 3.63) is 23.8 Å². The average molecular weight is 261 g/mol. The van der Waals surface area contributed by atoms with Crippen LogP contribution in [0.1, 0.15) is 32.3 Å². The number of terminal acetylenes is 1. The first-order valence-corrected chi connectivity index (χ1v) is 6.84. The van der Waals surface area contributed by atoms with Crippen LogP contribution in [0.25, 0.3) is 0 Å². The summed E-state index contributed by atoms with van der Waals surface area (Å²) >= 11 is 0. The zero-order valence-electron chi connectivity index (χ0n) is 11.9. The monoisotopic (exact) mass is 261 g/mol. The Kier molecular flexibility index (Phi) is 7.53. The summed E-state index contributed by atoms with van der Waals surface area (Å²) in [6.07, 6.45) is 7.60. The van der Waals surface area contributed by atoms with Gasteiger partial charge in [-0.1, -0.05) is 25.3 Å². The molecule has 0 bridgehead atoms. The van der Waals surface area contributed by atoms with Gasteiger partial charge in [0.2, 0.25) is 0 Å². The lowest BCUT2D eigenvalue weighted by atomic mass is 10.2. The van der Waals surface area contributed by atoms with Crippen molar-refractivity contribution in [3.8, 4) is 23.8 Å². The fourth-order valence-electron chi connectivity index (χ4n) is 1.70. The molecule has 1 N–H and O–H groups in total. The van der Waals surface area contributed by atoms with Crippen molar-refractivity contribution in [3.63, 3.8) is 0 Å². The molecule has 3 heteroatoms. The summed E-state index contributed by atoms with van der Waals surface area (Å²) < 4.78 is 11.0. The highest BCUT2D eigenvalue weighted by Gasteiger charge is 2.06. The maximum absolute atomic E-state index is 5.58. The van der Waals surface area contributed by atoms with E-state index in [2.05, 4.69) is 18.2 Å². The van der Waals surface area contributed by atoms with Crippen LogP contribution < -0.4 is 14.8 Å². The topological polar surface area (TPSA) is 30.5 Å². The van der Waals surface area contributed by atoms with Gasteiger partial charge in [-0.05, 0) is 37.6 Å². The Morgan fingerprint density at radius 3 is 2.74 bits per heavy atom. The third-order valence-electron chi connectivity index (χ3n) is 2.66. The van der Waals surface area contributed by atoms with E-state index in [9.17, 15) is 0 Å². The van der Waals surface area contributed by atoms with E-state index in [1.165, 1.54) is 18.4 Å². The molecule has 3 nitrogen and oxygen atoms in total. The van der Waals surface area contributed by atoms with Crippen molar-refractivity contribution < 1.29 is 9.47 Å². The van der Waals surface area contributed by atoms with Gasteiger partial charge < -0.3 is 14.8 Å². The van der Waals surface area contributed by atoms with Crippen LogP contribution in [0, 0.1) is 12.3 Å². The van der Waals surface area contributed by atoms with Gasteiger partial charge in [0.25, 0.3) is 0 Å². The predicted octanol–water partition coefficient (Wildman–Crippen LogP) is 2.99. The standard InChI is InChI=1S/C16H23NO2/c1-4-7-10-17-13-14-8-9-15(19-11-5-2)16(12-14)18-6-3/h2,8-9,12,17H,4,6-7,10-11,13H2,1,3H3. The number of hydrogen-bond acceptors (Lipinski definition) is 3. The van der Waals surface area contributed by atoms with Gasteiger partial charge in [0.15, 0.2) is 11.5 Å². The fourth-order valence-corrected chi connectivity index (χ4v) is 1.70. The molecule has 0 unspecified atom stereocenters. The number of benzene rings is 1. The quantitative estimate of drug-likeness (QED) is 0.547. The van der Waals surface area contributed by atoms with E-state index < -0.39 is 0 Å². The van der Waals surface area contributed by atoms with E-state index in [1.807, 2.05) is 25.1 Å². The summed E-state index contributed by atoms with van der Waals surface area (Å²) in [6, 6.07) is 5.96. The van der Waals surface area contributed by atoms with Gasteiger partial charge in [-0.3, -0.25) is 0 Å². The Morgan fingerprint density at radius 1 is 1.21 bits per heavy atom. The van der Waals surface area contributed by atoms with E-state index >= 15 is 0 Å². The molecule has 0 heterocycles. The lowest BCUT2D eigenvalue weighted by molar-refractivity contribution is 0.299. The van der Waals surface area contributed by atoms with Gasteiger partial charge >= 0.3 is 0 Å². The Morgan fingerprint density at radius 2 is 2.05 bits per heavy atom. The Labute approximate surface area is 116 Å². The zero-order valence-corrected chi connectivity index (χ0v) is 11.9. The molecule has 0 aromatic heterocycles. The molecule has 0 amide bonds. The van der Waals surface area contributed by atoms with Crippen molar-refractivity contribution in [2.24, 2.45) is 0 Å². The van der Waals surface area contributed by atoms with Crippen molar-refractivity contribution in [2.45, 2.75) is 33.2 Å². The van der Waals surface area contributed by atoms with Crippen LogP contribution in [0.5, 0.6) is 11.5 Å². The maximum atomic E-state index is 5.58. The summed E-state index contributed by atoms with van der Waals surface area (Å²) in [5.74, 6) is 3.92. The van der Waals surface area contributed by atoms with E-state index in [1.54, 1.807) is 0 Å². The minimum absolute atomic E-state index is 0.258. The van der Waals surface area contributed by atoms with Crippen LogP contribution >= 0.6 is 0 Å². The van der Waals surface area contributed by atoms with Gasteiger partial charge in [0.1, 0.15) is 6.61 Å². The first kappa shape index (κ1) is 15.4. The van der Waals surface area contributed by atoms with E-state index in [4.69, 9.17) is 15.9 Å². The van der Waals surface area contributed by atoms with Gasteiger partial charge in [0.05, 0.1) is 6.61 Å². The molecule has 104 valence electrons. The van der Waals surface area contributed by atoms with Crippen LogP contribution in [0.3, 0.4) is 0 Å². The normalized spacial score (nSPS) is 9.95. The second-order valence-electron chi connectivity index (χ2n) is 4.24. The summed E-state index contributed by atoms with van der Waals surface area (Å²) in [4.78, 5) is 0. The van der Waals surface area contributed by atoms with Crippen LogP contribution in [0.2, 0.25) is 0 Å². The molecule has 0 atom stereocenters. The second-order valence-corrected chi connectivity index (χ2v) is 4.24. The molecule has 0 saturated carbocycles. The molecule has 0 aliphatic rings. The zero-order chi connectivity index (χ0) is 13.9. The molecule has 0 radical (unpaired) electrons. The Bertz CT molecular complexity index is 410. The van der Waals surface area contributed by atoms with Crippen LogP contribution in [-0.2, 0) is 6.54 Å². The molecule has 19 heavy (non-hydrogen) atoms. The molecule has 0 saturated heterocycles. The minimum atomic E-state index is 0.258. The number of rotatable bonds is 9. The molecule has 1 aromatic carbocycles. The lowest BCUT2D eigenvalue weighted by Gasteiger charge is -2.12. The van der Waals surface area contributed by atoms with Crippen LogP contribution in [0.4, 0.5) is 0 Å². The summed E-state index contributed by atoms with van der Waals surface area (Å²) in [5, 5.41) is 3.41. The van der Waals surface area contributed by atoms with Crippen molar-refractivity contribution in [2.75, 3.05) is 19.8 Å². The SMILES string of the molecule is C#CCOc1ccc(CNCCCC)cc1OCC. The molecule has 1 aromatic rings. The third kappa shape index (κ3) is 5.67. The van der Waals surface area contributed by atoms with Crippen molar-refractivity contribution in [1.29, 1.82) is 0 Å². The van der Waals surface area contributed by atoms with Crippen molar-refractivity contribution >= 4 is 0 Å². The number of unbranched alkanes of at least 4 members (excludes halogenated alkanes) is 1. The fraction of sp³-hybridized carbons (Fsp3) is 0.500. The van der Waals surface area contributed by atoms with Gasteiger partial charge in [-0.25, -0.2) is 0 Å². The first-order chi connectivity index (χ1) is 9.31. The summed E-state index contributed by atoms with van der Waals surface area (Å²) in [5.41, 5.74) is 1.19. The van der Waals surface area contributed by atoms with Gasteiger partial charge in [-0.15, -0.1) is 6.42 Å². The van der Waals surface area contributed by atoms with E-state index in [0.717, 1.165) is 18.8 Å². The highest BCUT2D eigenvalue weighted by molar-refractivity contribution is 5.43. The van der Waals surface area contributed by atoms with E-state index in [0.29, 0.717) is 12.4 Å². The summed E-state index contributed by atoms with van der Waals surface area (Å²) in [6.45, 7) is 6.89. The largest absolute Gasteiger partial charge is 0.490 e. The third-order valence-corrected chi connectivity index (χ3v) is 2.66. The van der Waals surface area contributed by atoms with Gasteiger partial charge in [-0.2, -0.15) is 0 Å². The molecule has 0 aliphatic carbocycles. The molecule has 0 aliphatic heterocycles. The highest BCUT2D eigenvalue weighted by Crippen LogP contribution is 2.28. The average Bonchev–Trinajstić information content (AvgIpc) is 2.43. The van der Waals surface area contributed by atoms with Crippen LogP contribution in [0.15, 0.2) is 18.2 Å². The van der Waals surface area contributed by atoms with Crippen LogP contribution in [-0.4, -0.2) is 19.8 Å². The lowest BCUT2D eigenvalue weighted by Crippen LogP contribution is -2.14. The number of hydrogen-bond donors (Lipinski definition) is 1. The molecular formula is C16H23NO2. The number of ether oxygens (including phenoxy) is 2. The minimum Gasteiger partial charge on any atom is -0.490 e. The molecule has 0 fully saturated rings. The number of nitrogens with one attached hydrogen (secondary N) is 1. The first-order valence-electron chi connectivity index (χ1n) is 6.84. The molecule has 0 spiro atoms. The van der Waals surface area contributed by atoms with Gasteiger partial charge in [0, 0.05) is 6.54 Å². The summed E-state index contributed by atoms with van der Waals surface area (Å²) in [7, 11) is 0. The van der Waals surface area contributed by atoms with E-state index in [-0.39, 0.29) is 6.61 Å². The highest BCUT2D eigenvalue weighted by atomic mass is 16.5. The predicted molar refractivity (Wildman–Crippen MR) is 78.6 cm³/mol.